The number of nitrogens with zero attached hydrogens (tertiary/aromatic N) is 1. The summed E-state index contributed by atoms with van der Waals surface area (Å²) in [6.07, 6.45) is 2.40. The number of methoxy groups -OCH3 is 2. The van der Waals surface area contributed by atoms with E-state index in [-0.39, 0.29) is 11.8 Å². The van der Waals surface area contributed by atoms with E-state index in [2.05, 4.69) is 5.32 Å². The molecule has 0 fully saturated rings. The second kappa shape index (κ2) is 11.5. The number of hydrogen-bond donors (Lipinski definition) is 1. The van der Waals surface area contributed by atoms with Crippen molar-refractivity contribution < 1.29 is 19.1 Å². The molecule has 0 bridgehead atoms. The monoisotopic (exact) mass is 444 g/mol. The van der Waals surface area contributed by atoms with Gasteiger partial charge in [0.2, 0.25) is 5.76 Å². The largest absolute Gasteiger partial charge is 0.490 e. The fraction of sp³-hybridized carbons (Fsp3) is 0.185. The summed E-state index contributed by atoms with van der Waals surface area (Å²) in [5.41, 5.74) is 4.76. The maximum absolute atomic E-state index is 12.6. The molecule has 0 spiro atoms. The summed E-state index contributed by atoms with van der Waals surface area (Å²) in [6, 6.07) is 25.4. The molecule has 3 aromatic rings. The zero-order chi connectivity index (χ0) is 23.6. The van der Waals surface area contributed by atoms with Crippen molar-refractivity contribution in [1.29, 1.82) is 0 Å². The van der Waals surface area contributed by atoms with Gasteiger partial charge in [0.1, 0.15) is 0 Å². The molecule has 0 heterocycles. The third kappa shape index (κ3) is 6.46. The van der Waals surface area contributed by atoms with Crippen molar-refractivity contribution in [2.24, 2.45) is 0 Å². The first-order valence-corrected chi connectivity index (χ1v) is 10.6. The lowest BCUT2D eigenvalue weighted by atomic mass is 10.0. The van der Waals surface area contributed by atoms with Crippen molar-refractivity contribution in [3.05, 3.63) is 95.7 Å². The first kappa shape index (κ1) is 23.6. The highest BCUT2D eigenvalue weighted by Gasteiger charge is 2.12. The highest BCUT2D eigenvalue weighted by molar-refractivity contribution is 5.92. The van der Waals surface area contributed by atoms with Gasteiger partial charge >= 0.3 is 12.0 Å². The highest BCUT2D eigenvalue weighted by Crippen LogP contribution is 2.25. The number of urea groups is 1. The van der Waals surface area contributed by atoms with Gasteiger partial charge in [-0.2, -0.15) is 0 Å². The van der Waals surface area contributed by atoms with E-state index < -0.39 is 5.97 Å². The SMILES string of the molecule is COC(=O)C(=Cc1ccc(-c2cccc(N(C)C(=O)NCCc3ccccc3)c2)cc1)OC. The van der Waals surface area contributed by atoms with Gasteiger partial charge in [-0.3, -0.25) is 4.90 Å². The minimum Gasteiger partial charge on any atom is -0.490 e. The standard InChI is InChI=1S/C27H28N2O4/c1-29(27(31)28-17-16-20-8-5-4-6-9-20)24-11-7-10-23(19-24)22-14-12-21(13-15-22)18-25(32-2)26(30)33-3/h4-15,18-19H,16-17H2,1-3H3,(H,28,31). The Labute approximate surface area is 194 Å². The number of carbonyl (C=O) groups is 2. The van der Waals surface area contributed by atoms with Crippen molar-refractivity contribution in [1.82, 2.24) is 5.32 Å². The molecule has 6 nitrogen and oxygen atoms in total. The molecule has 0 aliphatic rings. The molecule has 33 heavy (non-hydrogen) atoms. The first-order valence-electron chi connectivity index (χ1n) is 10.6. The van der Waals surface area contributed by atoms with Crippen molar-refractivity contribution >= 4 is 23.8 Å². The zero-order valence-corrected chi connectivity index (χ0v) is 19.1. The summed E-state index contributed by atoms with van der Waals surface area (Å²) in [4.78, 5) is 25.9. The maximum atomic E-state index is 12.6. The first-order chi connectivity index (χ1) is 16.0. The smallest absolute Gasteiger partial charge is 0.373 e. The fourth-order valence-corrected chi connectivity index (χ4v) is 3.31. The summed E-state index contributed by atoms with van der Waals surface area (Å²) in [5.74, 6) is -0.397. The van der Waals surface area contributed by atoms with Crippen LogP contribution in [-0.2, 0) is 20.7 Å². The number of nitrogens with one attached hydrogen (secondary N) is 1. The summed E-state index contributed by atoms with van der Waals surface area (Å²) in [5, 5.41) is 2.96. The predicted octanol–water partition coefficient (Wildman–Crippen LogP) is 4.90. The number of amides is 2. The molecule has 2 amide bonds. The Bertz CT molecular complexity index is 1110. The van der Waals surface area contributed by atoms with E-state index in [4.69, 9.17) is 9.47 Å². The van der Waals surface area contributed by atoms with Crippen LogP contribution in [0.2, 0.25) is 0 Å². The summed E-state index contributed by atoms with van der Waals surface area (Å²) in [6.45, 7) is 0.566. The molecule has 0 aliphatic carbocycles. The zero-order valence-electron chi connectivity index (χ0n) is 19.1. The van der Waals surface area contributed by atoms with E-state index in [1.807, 2.05) is 78.9 Å². The van der Waals surface area contributed by atoms with Gasteiger partial charge < -0.3 is 14.8 Å². The fourth-order valence-electron chi connectivity index (χ4n) is 3.31. The molecular formula is C27H28N2O4. The lowest BCUT2D eigenvalue weighted by molar-refractivity contribution is -0.139. The lowest BCUT2D eigenvalue weighted by Gasteiger charge is -2.19. The molecule has 0 radical (unpaired) electrons. The van der Waals surface area contributed by atoms with Gasteiger partial charge in [0.25, 0.3) is 0 Å². The number of anilines is 1. The quantitative estimate of drug-likeness (QED) is 0.305. The van der Waals surface area contributed by atoms with Crippen LogP contribution >= 0.6 is 0 Å². The topological polar surface area (TPSA) is 67.9 Å². The van der Waals surface area contributed by atoms with Gasteiger partial charge in [0.15, 0.2) is 0 Å². The van der Waals surface area contributed by atoms with Gasteiger partial charge in [0.05, 0.1) is 14.2 Å². The van der Waals surface area contributed by atoms with Crippen LogP contribution in [0.5, 0.6) is 0 Å². The van der Waals surface area contributed by atoms with E-state index in [1.165, 1.54) is 19.8 Å². The molecule has 0 aliphatic heterocycles. The molecule has 170 valence electrons. The van der Waals surface area contributed by atoms with Crippen molar-refractivity contribution in [2.45, 2.75) is 6.42 Å². The van der Waals surface area contributed by atoms with Crippen LogP contribution in [0, 0.1) is 0 Å². The van der Waals surface area contributed by atoms with E-state index in [0.29, 0.717) is 6.54 Å². The molecule has 3 aromatic carbocycles. The highest BCUT2D eigenvalue weighted by atomic mass is 16.6. The number of carbonyl (C=O) groups excluding carboxylic acids is 2. The minimum atomic E-state index is -0.528. The van der Waals surface area contributed by atoms with Crippen molar-refractivity contribution in [2.75, 3.05) is 32.7 Å². The number of benzene rings is 3. The van der Waals surface area contributed by atoms with Gasteiger partial charge in [0, 0.05) is 19.3 Å². The average Bonchev–Trinajstić information content (AvgIpc) is 2.87. The van der Waals surface area contributed by atoms with E-state index in [0.717, 1.165) is 28.8 Å². The predicted molar refractivity (Wildman–Crippen MR) is 131 cm³/mol. The van der Waals surface area contributed by atoms with E-state index >= 15 is 0 Å². The Morgan fingerprint density at radius 1 is 0.879 bits per heavy atom. The minimum absolute atomic E-state index is 0.132. The molecule has 6 heteroatoms. The second-order valence-corrected chi connectivity index (χ2v) is 7.40. The van der Waals surface area contributed by atoms with Crippen LogP contribution in [0.3, 0.4) is 0 Å². The van der Waals surface area contributed by atoms with Gasteiger partial charge in [-0.1, -0.05) is 66.7 Å². The Kier molecular flexibility index (Phi) is 8.24. The van der Waals surface area contributed by atoms with E-state index in [1.54, 1.807) is 18.0 Å². The number of hydrogen-bond acceptors (Lipinski definition) is 4. The lowest BCUT2D eigenvalue weighted by Crippen LogP contribution is -2.38. The normalized spacial score (nSPS) is 10.9. The third-order valence-electron chi connectivity index (χ3n) is 5.22. The van der Waals surface area contributed by atoms with Crippen molar-refractivity contribution in [3.63, 3.8) is 0 Å². The summed E-state index contributed by atoms with van der Waals surface area (Å²) in [7, 11) is 4.49. The molecule has 0 saturated carbocycles. The van der Waals surface area contributed by atoms with Crippen LogP contribution in [-0.4, -0.2) is 39.8 Å². The Morgan fingerprint density at radius 3 is 2.27 bits per heavy atom. The van der Waals surface area contributed by atoms with E-state index in [9.17, 15) is 9.59 Å². The number of rotatable bonds is 8. The Hall–Kier alpha value is -4.06. The molecule has 0 atom stereocenters. The molecular weight excluding hydrogens is 416 g/mol. The van der Waals surface area contributed by atoms with Gasteiger partial charge in [-0.15, -0.1) is 0 Å². The number of ether oxygens (including phenoxy) is 2. The van der Waals surface area contributed by atoms with Crippen LogP contribution in [0.25, 0.3) is 17.2 Å². The molecule has 1 N–H and O–H groups in total. The second-order valence-electron chi connectivity index (χ2n) is 7.40. The van der Waals surface area contributed by atoms with Crippen LogP contribution in [0.4, 0.5) is 10.5 Å². The van der Waals surface area contributed by atoms with Crippen molar-refractivity contribution in [3.8, 4) is 11.1 Å². The molecule has 0 saturated heterocycles. The van der Waals surface area contributed by atoms with Crippen LogP contribution in [0.1, 0.15) is 11.1 Å². The molecule has 3 rings (SSSR count). The number of esters is 1. The third-order valence-corrected chi connectivity index (χ3v) is 5.22. The maximum Gasteiger partial charge on any atom is 0.373 e. The van der Waals surface area contributed by atoms with Crippen LogP contribution in [0.15, 0.2) is 84.6 Å². The molecule has 0 unspecified atom stereocenters. The molecule has 0 aromatic heterocycles. The van der Waals surface area contributed by atoms with Gasteiger partial charge in [-0.25, -0.2) is 9.59 Å². The Balaban J connectivity index is 1.66. The summed E-state index contributed by atoms with van der Waals surface area (Å²) < 4.78 is 9.78. The Morgan fingerprint density at radius 2 is 1.61 bits per heavy atom. The average molecular weight is 445 g/mol. The van der Waals surface area contributed by atoms with Gasteiger partial charge in [-0.05, 0) is 46.9 Å². The summed E-state index contributed by atoms with van der Waals surface area (Å²) >= 11 is 0. The van der Waals surface area contributed by atoms with Crippen LogP contribution < -0.4 is 10.2 Å².